The Labute approximate surface area is 205 Å². The fourth-order valence-corrected chi connectivity index (χ4v) is 5.39. The molecule has 1 N–H and O–H groups in total. The highest BCUT2D eigenvalue weighted by atomic mass is 79.9. The van der Waals surface area contributed by atoms with Gasteiger partial charge in [-0.25, -0.2) is 8.42 Å². The molecule has 0 fully saturated rings. The zero-order chi connectivity index (χ0) is 24.2. The molecule has 0 bridgehead atoms. The second kappa shape index (κ2) is 10.6. The van der Waals surface area contributed by atoms with Crippen LogP contribution in [0.1, 0.15) is 40.8 Å². The number of hydrogen-bond acceptors (Lipinski definition) is 3. The zero-order valence-corrected chi connectivity index (χ0v) is 21.7. The number of rotatable bonds is 8. The Morgan fingerprint density at radius 1 is 0.939 bits per heavy atom. The van der Waals surface area contributed by atoms with Crippen molar-refractivity contribution < 1.29 is 13.2 Å². The van der Waals surface area contributed by atoms with Gasteiger partial charge in [-0.3, -0.25) is 4.79 Å². The first-order valence-corrected chi connectivity index (χ1v) is 13.0. The van der Waals surface area contributed by atoms with Gasteiger partial charge in [0.1, 0.15) is 0 Å². The van der Waals surface area contributed by atoms with Crippen molar-refractivity contribution in [1.82, 2.24) is 9.62 Å². The lowest BCUT2D eigenvalue weighted by molar-refractivity contribution is -0.122. The van der Waals surface area contributed by atoms with Crippen LogP contribution in [0.4, 0.5) is 0 Å². The quantitative estimate of drug-likeness (QED) is 0.423. The molecule has 0 saturated carbocycles. The highest BCUT2D eigenvalue weighted by molar-refractivity contribution is 9.10. The van der Waals surface area contributed by atoms with Crippen LogP contribution in [-0.4, -0.2) is 25.2 Å². The van der Waals surface area contributed by atoms with E-state index in [2.05, 4.69) is 40.3 Å². The molecule has 0 radical (unpaired) electrons. The van der Waals surface area contributed by atoms with Crippen molar-refractivity contribution in [2.45, 2.75) is 45.2 Å². The maximum Gasteiger partial charge on any atom is 0.243 e. The van der Waals surface area contributed by atoms with Crippen LogP contribution in [0.15, 0.2) is 76.1 Å². The summed E-state index contributed by atoms with van der Waals surface area (Å²) in [7, 11) is -3.88. The van der Waals surface area contributed by atoms with Crippen molar-refractivity contribution in [1.29, 1.82) is 0 Å². The summed E-state index contributed by atoms with van der Waals surface area (Å²) in [5.41, 5.74) is 5.28. The Bertz CT molecular complexity index is 1230. The van der Waals surface area contributed by atoms with E-state index < -0.39 is 10.0 Å². The number of nitrogens with zero attached hydrogens (tertiary/aromatic N) is 1. The average Bonchev–Trinajstić information content (AvgIpc) is 2.76. The van der Waals surface area contributed by atoms with Gasteiger partial charge in [-0.2, -0.15) is 4.31 Å². The van der Waals surface area contributed by atoms with E-state index in [9.17, 15) is 13.2 Å². The van der Waals surface area contributed by atoms with E-state index in [-0.39, 0.29) is 29.9 Å². The number of nitrogens with one attached hydrogen (secondary N) is 1. The first kappa shape index (κ1) is 25.1. The summed E-state index contributed by atoms with van der Waals surface area (Å²) in [6.45, 7) is 7.86. The Hall–Kier alpha value is -2.48. The van der Waals surface area contributed by atoms with Crippen molar-refractivity contribution in [3.63, 3.8) is 0 Å². The van der Waals surface area contributed by atoms with Gasteiger partial charge in [-0.15, -0.1) is 0 Å². The lowest BCUT2D eigenvalue weighted by Crippen LogP contribution is -2.41. The van der Waals surface area contributed by atoms with Crippen molar-refractivity contribution in [3.8, 4) is 0 Å². The fourth-order valence-electron chi connectivity index (χ4n) is 3.74. The van der Waals surface area contributed by atoms with Crippen LogP contribution in [0.2, 0.25) is 0 Å². The summed E-state index contributed by atoms with van der Waals surface area (Å²) in [4.78, 5) is 13.1. The number of hydrogen-bond donors (Lipinski definition) is 1. The normalized spacial score (nSPS) is 12.5. The van der Waals surface area contributed by atoms with Gasteiger partial charge in [0.25, 0.3) is 0 Å². The summed E-state index contributed by atoms with van der Waals surface area (Å²) in [6, 6.07) is 19.6. The topological polar surface area (TPSA) is 66.5 Å². The molecule has 3 aromatic rings. The predicted molar refractivity (Wildman–Crippen MR) is 135 cm³/mol. The Morgan fingerprint density at radius 3 is 2.18 bits per heavy atom. The Balaban J connectivity index is 1.84. The van der Waals surface area contributed by atoms with Crippen molar-refractivity contribution in [2.24, 2.45) is 0 Å². The molecule has 0 aliphatic rings. The number of aryl methyl sites for hydroxylation is 3. The standard InChI is InChI=1S/C26H29BrN2O3S/c1-18-14-20(3)25(15-19(18)2)21(4)28-26(30)17-29(16-22-8-6-5-7-9-22)33(31,32)24-12-10-23(27)11-13-24/h5-15,21H,16-17H2,1-4H3,(H,28,30)/t21-/m0/s1. The molecule has 0 aliphatic heterocycles. The minimum atomic E-state index is -3.88. The van der Waals surface area contributed by atoms with Crippen LogP contribution < -0.4 is 5.32 Å². The summed E-state index contributed by atoms with van der Waals surface area (Å²) in [5, 5.41) is 2.98. The Kier molecular flexibility index (Phi) is 8.10. The van der Waals surface area contributed by atoms with E-state index in [1.54, 1.807) is 12.1 Å². The summed E-state index contributed by atoms with van der Waals surface area (Å²) < 4.78 is 28.8. The number of sulfonamides is 1. The molecule has 1 atom stereocenters. The van der Waals surface area contributed by atoms with Crippen LogP contribution in [0.3, 0.4) is 0 Å². The van der Waals surface area contributed by atoms with E-state index >= 15 is 0 Å². The number of carbonyl (C=O) groups is 1. The highest BCUT2D eigenvalue weighted by Crippen LogP contribution is 2.23. The van der Waals surface area contributed by atoms with E-state index in [1.807, 2.05) is 51.1 Å². The molecule has 33 heavy (non-hydrogen) atoms. The Morgan fingerprint density at radius 2 is 1.55 bits per heavy atom. The third kappa shape index (κ3) is 6.31. The average molecular weight is 530 g/mol. The lowest BCUT2D eigenvalue weighted by atomic mass is 9.96. The van der Waals surface area contributed by atoms with Gasteiger partial charge in [0.2, 0.25) is 15.9 Å². The van der Waals surface area contributed by atoms with Crippen LogP contribution in [-0.2, 0) is 21.4 Å². The highest BCUT2D eigenvalue weighted by Gasteiger charge is 2.27. The molecule has 5 nitrogen and oxygen atoms in total. The van der Waals surface area contributed by atoms with Crippen LogP contribution in [0.5, 0.6) is 0 Å². The largest absolute Gasteiger partial charge is 0.348 e. The van der Waals surface area contributed by atoms with Crippen molar-refractivity contribution >= 4 is 31.9 Å². The lowest BCUT2D eigenvalue weighted by Gasteiger charge is -2.24. The second-order valence-corrected chi connectivity index (χ2v) is 11.1. The molecule has 174 valence electrons. The van der Waals surface area contributed by atoms with Gasteiger partial charge in [-0.05, 0) is 79.8 Å². The first-order chi connectivity index (χ1) is 15.6. The summed E-state index contributed by atoms with van der Waals surface area (Å²) >= 11 is 3.34. The van der Waals surface area contributed by atoms with Gasteiger partial charge in [0.15, 0.2) is 0 Å². The molecular weight excluding hydrogens is 500 g/mol. The molecular formula is C26H29BrN2O3S. The van der Waals surface area contributed by atoms with Crippen LogP contribution in [0.25, 0.3) is 0 Å². The monoisotopic (exact) mass is 528 g/mol. The molecule has 1 amide bonds. The minimum absolute atomic E-state index is 0.101. The smallest absolute Gasteiger partial charge is 0.243 e. The van der Waals surface area contributed by atoms with Crippen LogP contribution in [0, 0.1) is 20.8 Å². The third-order valence-electron chi connectivity index (χ3n) is 5.70. The van der Waals surface area contributed by atoms with E-state index in [0.29, 0.717) is 0 Å². The summed E-state index contributed by atoms with van der Waals surface area (Å²) in [5.74, 6) is -0.350. The number of halogens is 1. The second-order valence-electron chi connectivity index (χ2n) is 8.29. The maximum atomic E-state index is 13.4. The molecule has 7 heteroatoms. The molecule has 0 aromatic heterocycles. The van der Waals surface area contributed by atoms with E-state index in [4.69, 9.17) is 0 Å². The van der Waals surface area contributed by atoms with Gasteiger partial charge in [0.05, 0.1) is 17.5 Å². The minimum Gasteiger partial charge on any atom is -0.348 e. The van der Waals surface area contributed by atoms with Gasteiger partial charge >= 0.3 is 0 Å². The SMILES string of the molecule is Cc1cc(C)c([C@H](C)NC(=O)CN(Cc2ccccc2)S(=O)(=O)c2ccc(Br)cc2)cc1C. The molecule has 3 aromatic carbocycles. The first-order valence-electron chi connectivity index (χ1n) is 10.7. The molecule has 0 heterocycles. The molecule has 3 rings (SSSR count). The van der Waals surface area contributed by atoms with E-state index in [1.165, 1.54) is 22.0 Å². The number of benzene rings is 3. The number of carbonyl (C=O) groups excluding carboxylic acids is 1. The van der Waals surface area contributed by atoms with Crippen molar-refractivity contribution in [3.05, 3.63) is 99.0 Å². The summed E-state index contributed by atoms with van der Waals surface area (Å²) in [6.07, 6.45) is 0. The number of amides is 1. The zero-order valence-electron chi connectivity index (χ0n) is 19.3. The molecule has 0 aliphatic carbocycles. The van der Waals surface area contributed by atoms with Crippen LogP contribution >= 0.6 is 15.9 Å². The fraction of sp³-hybridized carbons (Fsp3) is 0.269. The molecule has 0 unspecified atom stereocenters. The third-order valence-corrected chi connectivity index (χ3v) is 8.03. The van der Waals surface area contributed by atoms with Crippen molar-refractivity contribution in [2.75, 3.05) is 6.54 Å². The van der Waals surface area contributed by atoms with Gasteiger partial charge < -0.3 is 5.32 Å². The van der Waals surface area contributed by atoms with Gasteiger partial charge in [-0.1, -0.05) is 58.4 Å². The molecule has 0 saturated heterocycles. The predicted octanol–water partition coefficient (Wildman–Crippen LogP) is 5.44. The molecule has 0 spiro atoms. The van der Waals surface area contributed by atoms with Gasteiger partial charge in [0, 0.05) is 11.0 Å². The maximum absolute atomic E-state index is 13.4. The van der Waals surface area contributed by atoms with E-state index in [0.717, 1.165) is 26.7 Å².